The van der Waals surface area contributed by atoms with Crippen molar-refractivity contribution in [1.82, 2.24) is 0 Å². The van der Waals surface area contributed by atoms with Crippen LogP contribution in [0.2, 0.25) is 0 Å². The summed E-state index contributed by atoms with van der Waals surface area (Å²) < 4.78 is 0. The molecule has 0 saturated heterocycles. The molecule has 0 rings (SSSR count). The zero-order valence-electron chi connectivity index (χ0n) is 27.9. The molecule has 0 aromatic rings. The van der Waals surface area contributed by atoms with E-state index in [0.29, 0.717) is 0 Å². The van der Waals surface area contributed by atoms with Crippen LogP contribution in [-0.2, 0) is 4.79 Å². The molecule has 2 heteroatoms. The molecule has 38 heavy (non-hydrogen) atoms. The highest BCUT2D eigenvalue weighted by atomic mass is 16.4. The molecule has 0 aliphatic heterocycles. The summed E-state index contributed by atoms with van der Waals surface area (Å²) in [6, 6.07) is 0. The molecule has 0 aromatic carbocycles. The fourth-order valence-corrected chi connectivity index (χ4v) is 9.32. The third-order valence-electron chi connectivity index (χ3n) is 11.9. The van der Waals surface area contributed by atoms with Crippen molar-refractivity contribution in [1.29, 1.82) is 0 Å². The minimum absolute atomic E-state index is 0.0270. The highest BCUT2D eigenvalue weighted by molar-refractivity contribution is 5.76. The smallest absolute Gasteiger partial charge is 0.310 e. The van der Waals surface area contributed by atoms with Crippen molar-refractivity contribution in [3.63, 3.8) is 0 Å². The van der Waals surface area contributed by atoms with Crippen LogP contribution in [0, 0.1) is 21.7 Å². The minimum atomic E-state index is -0.658. The standard InChI is InChI=1S/C36H72O2/c1-10-18-19-20-21-22-23-24-25-26-27-28-29-30-31-33(9,11-2)35(14-5,15-6)36(16-7,17-8)34(12-3,13-4)32(37)38/h10-31H2,1-9H3,(H,37,38). The molecule has 0 radical (unpaired) electrons. The molecular weight excluding hydrogens is 464 g/mol. The van der Waals surface area contributed by atoms with Crippen molar-refractivity contribution in [2.75, 3.05) is 0 Å². The molecule has 0 aliphatic rings. The topological polar surface area (TPSA) is 37.3 Å². The second-order valence-corrected chi connectivity index (χ2v) is 12.9. The lowest BCUT2D eigenvalue weighted by Gasteiger charge is -2.65. The summed E-state index contributed by atoms with van der Waals surface area (Å²) in [6.45, 7) is 20.8. The number of hydrogen-bond acceptors (Lipinski definition) is 1. The van der Waals surface area contributed by atoms with E-state index in [1.807, 2.05) is 0 Å². The molecule has 0 spiro atoms. The van der Waals surface area contributed by atoms with Crippen molar-refractivity contribution in [2.45, 2.75) is 204 Å². The summed E-state index contributed by atoms with van der Waals surface area (Å²) in [5.41, 5.74) is -0.669. The van der Waals surface area contributed by atoms with Gasteiger partial charge in [-0.1, -0.05) is 159 Å². The van der Waals surface area contributed by atoms with E-state index in [1.54, 1.807) is 0 Å². The monoisotopic (exact) mass is 537 g/mol. The fourth-order valence-electron chi connectivity index (χ4n) is 9.32. The maximum absolute atomic E-state index is 13.0. The maximum Gasteiger partial charge on any atom is 0.310 e. The van der Waals surface area contributed by atoms with Crippen LogP contribution in [0.25, 0.3) is 0 Å². The predicted octanol–water partition coefficient (Wildman–Crippen LogP) is 12.8. The SMILES string of the molecule is CCCCCCCCCCCCCCCCC(C)(CC)C(CC)(CC)C(CC)(CC)C(CC)(CC)C(=O)O. The molecule has 1 N–H and O–H groups in total. The average Bonchev–Trinajstić information content (AvgIpc) is 2.93. The van der Waals surface area contributed by atoms with Gasteiger partial charge in [-0.05, 0) is 61.2 Å². The molecule has 1 atom stereocenters. The van der Waals surface area contributed by atoms with E-state index in [9.17, 15) is 9.90 Å². The first kappa shape index (κ1) is 37.5. The number of hydrogen-bond donors (Lipinski definition) is 1. The average molecular weight is 537 g/mol. The van der Waals surface area contributed by atoms with Crippen LogP contribution in [0.3, 0.4) is 0 Å². The van der Waals surface area contributed by atoms with E-state index in [0.717, 1.165) is 44.9 Å². The summed E-state index contributed by atoms with van der Waals surface area (Å²) in [5, 5.41) is 10.7. The first-order chi connectivity index (χ1) is 18.2. The van der Waals surface area contributed by atoms with Gasteiger partial charge in [0.1, 0.15) is 0 Å². The van der Waals surface area contributed by atoms with Gasteiger partial charge in [-0.15, -0.1) is 0 Å². The Labute approximate surface area is 240 Å². The van der Waals surface area contributed by atoms with Gasteiger partial charge in [-0.3, -0.25) is 4.79 Å². The van der Waals surface area contributed by atoms with Crippen molar-refractivity contribution in [2.24, 2.45) is 21.7 Å². The van der Waals surface area contributed by atoms with E-state index < -0.39 is 11.4 Å². The van der Waals surface area contributed by atoms with Gasteiger partial charge in [-0.25, -0.2) is 0 Å². The lowest BCUT2D eigenvalue weighted by atomic mass is 9.38. The predicted molar refractivity (Wildman–Crippen MR) is 170 cm³/mol. The second-order valence-electron chi connectivity index (χ2n) is 12.9. The van der Waals surface area contributed by atoms with Crippen molar-refractivity contribution < 1.29 is 9.90 Å². The summed E-state index contributed by atoms with van der Waals surface area (Å²) in [5.74, 6) is -0.563. The maximum atomic E-state index is 13.0. The van der Waals surface area contributed by atoms with Gasteiger partial charge in [0.15, 0.2) is 0 Å². The molecule has 0 fully saturated rings. The van der Waals surface area contributed by atoms with Crippen LogP contribution in [0.1, 0.15) is 204 Å². The molecule has 1 unspecified atom stereocenters. The number of carboxylic acid groups (broad SMARTS) is 1. The van der Waals surface area contributed by atoms with Gasteiger partial charge in [0.2, 0.25) is 0 Å². The van der Waals surface area contributed by atoms with Gasteiger partial charge in [0.25, 0.3) is 0 Å². The Morgan fingerprint density at radius 2 is 0.816 bits per heavy atom. The highest BCUT2D eigenvalue weighted by Gasteiger charge is 2.65. The number of aliphatic carboxylic acids is 1. The van der Waals surface area contributed by atoms with E-state index in [-0.39, 0.29) is 16.2 Å². The lowest BCUT2D eigenvalue weighted by Crippen LogP contribution is -2.61. The first-order valence-electron chi connectivity index (χ1n) is 17.4. The number of unbranched alkanes of at least 4 members (excludes halogenated alkanes) is 13. The van der Waals surface area contributed by atoms with Crippen LogP contribution in [0.4, 0.5) is 0 Å². The Balaban J connectivity index is 5.16. The normalized spacial score (nSPS) is 14.6. The summed E-state index contributed by atoms with van der Waals surface area (Å²) in [4.78, 5) is 13.0. The van der Waals surface area contributed by atoms with Gasteiger partial charge in [-0.2, -0.15) is 0 Å². The van der Waals surface area contributed by atoms with E-state index in [4.69, 9.17) is 0 Å². The fraction of sp³-hybridized carbons (Fsp3) is 0.972. The third kappa shape index (κ3) is 8.49. The summed E-state index contributed by atoms with van der Waals surface area (Å²) >= 11 is 0. The Morgan fingerprint density at radius 1 is 0.474 bits per heavy atom. The van der Waals surface area contributed by atoms with Crippen LogP contribution < -0.4 is 0 Å². The quantitative estimate of drug-likeness (QED) is 0.112. The number of rotatable bonds is 26. The molecule has 0 aromatic heterocycles. The molecule has 228 valence electrons. The van der Waals surface area contributed by atoms with Crippen LogP contribution in [0.5, 0.6) is 0 Å². The zero-order chi connectivity index (χ0) is 29.1. The van der Waals surface area contributed by atoms with Gasteiger partial charge < -0.3 is 5.11 Å². The summed E-state index contributed by atoms with van der Waals surface area (Å²) in [7, 11) is 0. The van der Waals surface area contributed by atoms with E-state index in [1.165, 1.54) is 96.3 Å². The largest absolute Gasteiger partial charge is 0.481 e. The molecule has 2 nitrogen and oxygen atoms in total. The molecule has 0 aliphatic carbocycles. The van der Waals surface area contributed by atoms with Crippen molar-refractivity contribution >= 4 is 5.97 Å². The van der Waals surface area contributed by atoms with Crippen molar-refractivity contribution in [3.8, 4) is 0 Å². The molecule has 0 saturated carbocycles. The van der Waals surface area contributed by atoms with Crippen molar-refractivity contribution in [3.05, 3.63) is 0 Å². The Morgan fingerprint density at radius 3 is 1.08 bits per heavy atom. The van der Waals surface area contributed by atoms with E-state index >= 15 is 0 Å². The first-order valence-corrected chi connectivity index (χ1v) is 17.4. The zero-order valence-corrected chi connectivity index (χ0v) is 27.9. The number of carbonyl (C=O) groups is 1. The van der Waals surface area contributed by atoms with Crippen LogP contribution >= 0.6 is 0 Å². The van der Waals surface area contributed by atoms with Gasteiger partial charge >= 0.3 is 5.97 Å². The van der Waals surface area contributed by atoms with Gasteiger partial charge in [0.05, 0.1) is 5.41 Å². The van der Waals surface area contributed by atoms with Gasteiger partial charge in [0, 0.05) is 0 Å². The Hall–Kier alpha value is -0.530. The molecule has 0 heterocycles. The summed E-state index contributed by atoms with van der Waals surface area (Å²) in [6.07, 6.45) is 27.4. The third-order valence-corrected chi connectivity index (χ3v) is 11.9. The lowest BCUT2D eigenvalue weighted by molar-refractivity contribution is -0.199. The highest BCUT2D eigenvalue weighted by Crippen LogP contribution is 2.69. The van der Waals surface area contributed by atoms with Crippen LogP contribution in [-0.4, -0.2) is 11.1 Å². The van der Waals surface area contributed by atoms with E-state index in [2.05, 4.69) is 62.3 Å². The van der Waals surface area contributed by atoms with Crippen LogP contribution in [0.15, 0.2) is 0 Å². The Kier molecular flexibility index (Phi) is 19.3. The second kappa shape index (κ2) is 19.5. The molecular formula is C36H72O2. The molecule has 0 amide bonds. The Bertz CT molecular complexity index is 582. The molecule has 0 bridgehead atoms. The number of carboxylic acids is 1. The minimum Gasteiger partial charge on any atom is -0.481 e.